The molecule has 1 aromatic carbocycles. The summed E-state index contributed by atoms with van der Waals surface area (Å²) in [7, 11) is -1.88. The van der Waals surface area contributed by atoms with Crippen molar-refractivity contribution in [2.45, 2.75) is 37.1 Å². The summed E-state index contributed by atoms with van der Waals surface area (Å²) >= 11 is 5.94. The summed E-state index contributed by atoms with van der Waals surface area (Å²) in [6.07, 6.45) is 2.90. The Labute approximate surface area is 126 Å². The van der Waals surface area contributed by atoms with Crippen LogP contribution in [0.5, 0.6) is 0 Å². The van der Waals surface area contributed by atoms with Crippen molar-refractivity contribution in [3.63, 3.8) is 0 Å². The van der Waals surface area contributed by atoms with E-state index in [0.717, 1.165) is 19.3 Å². The Hall–Kier alpha value is -0.620. The molecule has 1 saturated carbocycles. The molecule has 0 aliphatic heterocycles. The predicted octanol–water partition coefficient (Wildman–Crippen LogP) is 2.40. The molecular weight excluding hydrogens is 296 g/mol. The van der Waals surface area contributed by atoms with Crippen molar-refractivity contribution in [2.75, 3.05) is 13.6 Å². The molecule has 112 valence electrons. The molecule has 0 amide bonds. The van der Waals surface area contributed by atoms with E-state index in [9.17, 15) is 8.42 Å². The first-order valence-corrected chi connectivity index (χ1v) is 8.64. The van der Waals surface area contributed by atoms with Gasteiger partial charge in [0.2, 0.25) is 10.0 Å². The van der Waals surface area contributed by atoms with Gasteiger partial charge in [0.05, 0.1) is 4.90 Å². The average Bonchev–Trinajstić information content (AvgIpc) is 2.88. The second kappa shape index (κ2) is 6.02. The molecule has 0 aromatic heterocycles. The van der Waals surface area contributed by atoms with E-state index in [1.165, 1.54) is 10.4 Å². The molecule has 1 aromatic rings. The predicted molar refractivity (Wildman–Crippen MR) is 81.3 cm³/mol. The zero-order chi connectivity index (χ0) is 14.9. The number of rotatable bonds is 4. The summed E-state index contributed by atoms with van der Waals surface area (Å²) in [5, 5.41) is 0.435. The number of nitrogens with two attached hydrogens (primary N) is 1. The molecule has 1 aliphatic carbocycles. The van der Waals surface area contributed by atoms with Gasteiger partial charge in [-0.1, -0.05) is 24.1 Å². The smallest absolute Gasteiger partial charge is 0.243 e. The summed E-state index contributed by atoms with van der Waals surface area (Å²) in [6, 6.07) is 4.95. The number of sulfonamides is 1. The molecule has 6 heteroatoms. The van der Waals surface area contributed by atoms with E-state index in [-0.39, 0.29) is 16.9 Å². The molecule has 1 aliphatic rings. The fourth-order valence-corrected chi connectivity index (χ4v) is 4.89. The lowest BCUT2D eigenvalue weighted by atomic mass is 10.0. The minimum atomic E-state index is -3.53. The van der Waals surface area contributed by atoms with Gasteiger partial charge in [-0.15, -0.1) is 0 Å². The minimum Gasteiger partial charge on any atom is -0.330 e. The van der Waals surface area contributed by atoms with Gasteiger partial charge in [0.25, 0.3) is 0 Å². The van der Waals surface area contributed by atoms with Crippen LogP contribution in [-0.2, 0) is 10.0 Å². The van der Waals surface area contributed by atoms with Crippen LogP contribution in [0, 0.1) is 12.8 Å². The highest BCUT2D eigenvalue weighted by Crippen LogP contribution is 2.33. The highest BCUT2D eigenvalue weighted by atomic mass is 35.5. The van der Waals surface area contributed by atoms with Crippen molar-refractivity contribution in [2.24, 2.45) is 11.7 Å². The zero-order valence-corrected chi connectivity index (χ0v) is 13.4. The highest BCUT2D eigenvalue weighted by Gasteiger charge is 2.36. The molecule has 0 spiro atoms. The first-order chi connectivity index (χ1) is 9.37. The molecule has 0 radical (unpaired) electrons. The average molecular weight is 317 g/mol. The van der Waals surface area contributed by atoms with Crippen LogP contribution in [0.1, 0.15) is 24.8 Å². The molecular formula is C14H21ClN2O2S. The second-order valence-corrected chi connectivity index (χ2v) is 7.83. The molecule has 2 rings (SSSR count). The Morgan fingerprint density at radius 2 is 2.10 bits per heavy atom. The van der Waals surface area contributed by atoms with Gasteiger partial charge in [-0.05, 0) is 49.9 Å². The molecule has 4 nitrogen and oxygen atoms in total. The van der Waals surface area contributed by atoms with Crippen LogP contribution in [0.15, 0.2) is 23.1 Å². The summed E-state index contributed by atoms with van der Waals surface area (Å²) in [6.45, 7) is 2.31. The van der Waals surface area contributed by atoms with Crippen LogP contribution in [-0.4, -0.2) is 32.4 Å². The van der Waals surface area contributed by atoms with E-state index in [1.807, 2.05) is 0 Å². The monoisotopic (exact) mass is 316 g/mol. The molecule has 0 bridgehead atoms. The Bertz CT molecular complexity index is 589. The summed E-state index contributed by atoms with van der Waals surface area (Å²) in [4.78, 5) is 0.287. The van der Waals surface area contributed by atoms with Crippen LogP contribution in [0.4, 0.5) is 0 Å². The van der Waals surface area contributed by atoms with Gasteiger partial charge in [-0.2, -0.15) is 4.31 Å². The summed E-state index contributed by atoms with van der Waals surface area (Å²) < 4.78 is 27.0. The molecule has 0 saturated heterocycles. The van der Waals surface area contributed by atoms with Crippen molar-refractivity contribution in [3.8, 4) is 0 Å². The summed E-state index contributed by atoms with van der Waals surface area (Å²) in [5.74, 6) is 0.245. The molecule has 20 heavy (non-hydrogen) atoms. The Morgan fingerprint density at radius 3 is 2.75 bits per heavy atom. The molecule has 2 N–H and O–H groups in total. The largest absolute Gasteiger partial charge is 0.330 e. The van der Waals surface area contributed by atoms with Crippen LogP contribution >= 0.6 is 11.6 Å². The summed E-state index contributed by atoms with van der Waals surface area (Å²) in [5.41, 5.74) is 6.47. The Balaban J connectivity index is 2.37. The maximum Gasteiger partial charge on any atom is 0.243 e. The second-order valence-electron chi connectivity index (χ2n) is 5.43. The van der Waals surface area contributed by atoms with Crippen molar-refractivity contribution < 1.29 is 8.42 Å². The van der Waals surface area contributed by atoms with Crippen LogP contribution in [0.2, 0.25) is 5.02 Å². The third kappa shape index (κ3) is 2.86. The number of nitrogens with zero attached hydrogens (tertiary/aromatic N) is 1. The molecule has 2 unspecified atom stereocenters. The highest BCUT2D eigenvalue weighted by molar-refractivity contribution is 7.89. The van der Waals surface area contributed by atoms with Crippen molar-refractivity contribution in [1.29, 1.82) is 0 Å². The van der Waals surface area contributed by atoms with E-state index in [1.54, 1.807) is 26.1 Å². The van der Waals surface area contributed by atoms with Gasteiger partial charge in [0.1, 0.15) is 0 Å². The minimum absolute atomic E-state index is 0.0108. The van der Waals surface area contributed by atoms with Gasteiger partial charge < -0.3 is 5.73 Å². The van der Waals surface area contributed by atoms with Gasteiger partial charge >= 0.3 is 0 Å². The lowest BCUT2D eigenvalue weighted by Crippen LogP contribution is -2.41. The third-order valence-electron chi connectivity index (χ3n) is 4.20. The maximum absolute atomic E-state index is 12.8. The van der Waals surface area contributed by atoms with Gasteiger partial charge in [-0.3, -0.25) is 0 Å². The standard InChI is InChI=1S/C14H21ClN2O2S/c1-10-6-7-12(15)8-14(10)20(18,19)17(2)13-5-3-4-11(13)9-16/h6-8,11,13H,3-5,9,16H2,1-2H3. The fraction of sp³-hybridized carbons (Fsp3) is 0.571. The van der Waals surface area contributed by atoms with E-state index in [0.29, 0.717) is 17.1 Å². The number of halogens is 1. The molecule has 1 fully saturated rings. The first-order valence-electron chi connectivity index (χ1n) is 6.82. The van der Waals surface area contributed by atoms with E-state index in [4.69, 9.17) is 17.3 Å². The SMILES string of the molecule is Cc1ccc(Cl)cc1S(=O)(=O)N(C)C1CCCC1CN. The van der Waals surface area contributed by atoms with Crippen molar-refractivity contribution in [3.05, 3.63) is 28.8 Å². The van der Waals surface area contributed by atoms with E-state index < -0.39 is 10.0 Å². The third-order valence-corrected chi connectivity index (χ3v) is 6.46. The quantitative estimate of drug-likeness (QED) is 0.927. The molecule has 2 atom stereocenters. The van der Waals surface area contributed by atoms with E-state index >= 15 is 0 Å². The normalized spacial score (nSPS) is 23.4. The maximum atomic E-state index is 12.8. The fourth-order valence-electron chi connectivity index (χ4n) is 2.96. The van der Waals surface area contributed by atoms with E-state index in [2.05, 4.69) is 0 Å². The van der Waals surface area contributed by atoms with Crippen LogP contribution < -0.4 is 5.73 Å². The van der Waals surface area contributed by atoms with Gasteiger partial charge in [-0.25, -0.2) is 8.42 Å². The van der Waals surface area contributed by atoms with Gasteiger partial charge in [0, 0.05) is 18.1 Å². The number of hydrogen-bond acceptors (Lipinski definition) is 3. The van der Waals surface area contributed by atoms with Crippen LogP contribution in [0.3, 0.4) is 0 Å². The number of hydrogen-bond donors (Lipinski definition) is 1. The topological polar surface area (TPSA) is 63.4 Å². The Morgan fingerprint density at radius 1 is 1.40 bits per heavy atom. The zero-order valence-electron chi connectivity index (χ0n) is 11.8. The lowest BCUT2D eigenvalue weighted by Gasteiger charge is -2.29. The lowest BCUT2D eigenvalue weighted by molar-refractivity contribution is 0.304. The Kier molecular flexibility index (Phi) is 4.74. The number of benzene rings is 1. The van der Waals surface area contributed by atoms with Gasteiger partial charge in [0.15, 0.2) is 0 Å². The van der Waals surface area contributed by atoms with Crippen LogP contribution in [0.25, 0.3) is 0 Å². The van der Waals surface area contributed by atoms with Crippen molar-refractivity contribution >= 4 is 21.6 Å². The molecule has 0 heterocycles. The number of aryl methyl sites for hydroxylation is 1. The van der Waals surface area contributed by atoms with Crippen molar-refractivity contribution in [1.82, 2.24) is 4.31 Å². The first kappa shape index (κ1) is 15.8.